The molecule has 0 radical (unpaired) electrons. The van der Waals surface area contributed by atoms with Gasteiger partial charge in [0.05, 0.1) is 0 Å². The van der Waals surface area contributed by atoms with Crippen LogP contribution in [0.1, 0.15) is 0 Å². The summed E-state index contributed by atoms with van der Waals surface area (Å²) in [4.78, 5) is 0. The van der Waals surface area contributed by atoms with E-state index in [4.69, 9.17) is 0 Å². The van der Waals surface area contributed by atoms with Crippen molar-refractivity contribution in [2.24, 2.45) is 0 Å². The van der Waals surface area contributed by atoms with Crippen molar-refractivity contribution in [2.45, 2.75) is 0 Å². The molecule has 0 fully saturated rings. The van der Waals surface area contributed by atoms with Crippen molar-refractivity contribution >= 4 is 101 Å². The fourth-order valence-corrected chi connectivity index (χ4v) is 22.9. The Morgan fingerprint density at radius 1 is 0.167 bits per heavy atom. The summed E-state index contributed by atoms with van der Waals surface area (Å²) < 4.78 is 0. The van der Waals surface area contributed by atoms with Crippen LogP contribution in [0.3, 0.4) is 0 Å². The van der Waals surface area contributed by atoms with Crippen molar-refractivity contribution in [3.63, 3.8) is 0 Å². The fraction of sp³-hybridized carbons (Fsp3) is 0. The first-order valence-electron chi connectivity index (χ1n) is 27.2. The van der Waals surface area contributed by atoms with Crippen molar-refractivity contribution in [1.29, 1.82) is 0 Å². The lowest BCUT2D eigenvalue weighted by molar-refractivity contribution is 1.64. The molecule has 0 unspecified atom stereocenters. The standard InChI is InChI=1S/C76H54Si2/c1-7-25-58(26-8-1)77(59-27-9-2-10-28-59,60-29-11-3-12-30-60)64-46-45-55-53-57(44-43-56(55)54-64)65-47-48-71(67-38-20-19-37-66(65)67)72-49-50-73(69-40-22-21-39-68(69)72)74-51-52-76(75-42-24-23-41-70(74)75)78(61-31-13-4-14-32-61,62-33-15-5-16-34-62)63-35-17-6-18-36-63/h1-54H. The van der Waals surface area contributed by atoms with Gasteiger partial charge in [-0.1, -0.05) is 322 Å². The van der Waals surface area contributed by atoms with Gasteiger partial charge in [0.2, 0.25) is 0 Å². The predicted molar refractivity (Wildman–Crippen MR) is 340 cm³/mol. The highest BCUT2D eigenvalue weighted by Gasteiger charge is 2.43. The minimum absolute atomic E-state index is 1.21. The highest BCUT2D eigenvalue weighted by atomic mass is 28.3. The largest absolute Gasteiger partial charge is 0.180 e. The van der Waals surface area contributed by atoms with E-state index < -0.39 is 16.1 Å². The fourth-order valence-electron chi connectivity index (χ4n) is 13.2. The number of hydrogen-bond acceptors (Lipinski definition) is 0. The summed E-state index contributed by atoms with van der Waals surface area (Å²) in [6.07, 6.45) is 0. The molecule has 0 aromatic heterocycles. The van der Waals surface area contributed by atoms with Crippen LogP contribution < -0.4 is 41.5 Å². The van der Waals surface area contributed by atoms with Gasteiger partial charge in [0, 0.05) is 0 Å². The molecule has 2 heteroatoms. The zero-order valence-corrected chi connectivity index (χ0v) is 45.2. The molecule has 0 aliphatic carbocycles. The summed E-state index contributed by atoms with van der Waals surface area (Å²) in [5, 5.41) is 21.0. The summed E-state index contributed by atoms with van der Waals surface area (Å²) >= 11 is 0. The predicted octanol–water partition coefficient (Wildman–Crippen LogP) is 14.1. The lowest BCUT2D eigenvalue weighted by atomic mass is 9.87. The number of rotatable bonds is 11. The molecule has 0 heterocycles. The van der Waals surface area contributed by atoms with E-state index in [1.54, 1.807) is 0 Å². The molecule has 14 aromatic carbocycles. The lowest BCUT2D eigenvalue weighted by Crippen LogP contribution is -2.74. The Labute approximate surface area is 458 Å². The van der Waals surface area contributed by atoms with Crippen molar-refractivity contribution < 1.29 is 0 Å². The quantitative estimate of drug-likeness (QED) is 0.0895. The highest BCUT2D eigenvalue weighted by Crippen LogP contribution is 2.42. The number of benzene rings is 14. The second kappa shape index (κ2) is 19.9. The highest BCUT2D eigenvalue weighted by molar-refractivity contribution is 7.21. The monoisotopic (exact) mass is 1020 g/mol. The maximum Gasteiger partial charge on any atom is 0.180 e. The molecule has 0 N–H and O–H groups in total. The minimum atomic E-state index is -2.81. The first-order valence-corrected chi connectivity index (χ1v) is 31.2. The Bertz CT molecular complexity index is 4270. The third kappa shape index (κ3) is 7.71. The van der Waals surface area contributed by atoms with Crippen LogP contribution in [0.2, 0.25) is 0 Å². The van der Waals surface area contributed by atoms with Gasteiger partial charge in [0.15, 0.2) is 16.1 Å². The minimum Gasteiger partial charge on any atom is -0.0623 e. The summed E-state index contributed by atoms with van der Waals surface area (Å²) in [6.45, 7) is 0. The van der Waals surface area contributed by atoms with E-state index in [1.165, 1.54) is 118 Å². The Hall–Kier alpha value is -9.45. The van der Waals surface area contributed by atoms with E-state index in [9.17, 15) is 0 Å². The maximum atomic E-state index is 2.47. The summed E-state index contributed by atoms with van der Waals surface area (Å²) in [5.74, 6) is 0. The lowest BCUT2D eigenvalue weighted by Gasteiger charge is -2.35. The van der Waals surface area contributed by atoms with E-state index in [0.717, 1.165) is 0 Å². The van der Waals surface area contributed by atoms with Crippen molar-refractivity contribution in [3.05, 3.63) is 328 Å². The molecule has 14 rings (SSSR count). The molecule has 0 spiro atoms. The van der Waals surface area contributed by atoms with Gasteiger partial charge in [-0.25, -0.2) is 0 Å². The average Bonchev–Trinajstić information content (AvgIpc) is 3.64. The third-order valence-electron chi connectivity index (χ3n) is 16.6. The van der Waals surface area contributed by atoms with E-state index in [2.05, 4.69) is 328 Å². The molecule has 0 aliphatic heterocycles. The Kier molecular flexibility index (Phi) is 12.0. The smallest absolute Gasteiger partial charge is 0.0623 e. The Morgan fingerprint density at radius 3 is 0.846 bits per heavy atom. The van der Waals surface area contributed by atoms with Gasteiger partial charge in [-0.15, -0.1) is 0 Å². The first kappa shape index (κ1) is 47.0. The first-order chi connectivity index (χ1) is 38.7. The zero-order valence-electron chi connectivity index (χ0n) is 43.2. The van der Waals surface area contributed by atoms with E-state index in [1.807, 2.05) is 0 Å². The van der Waals surface area contributed by atoms with Gasteiger partial charge in [0.1, 0.15) is 0 Å². The van der Waals surface area contributed by atoms with Gasteiger partial charge in [-0.3, -0.25) is 0 Å². The van der Waals surface area contributed by atoms with Crippen LogP contribution in [0.15, 0.2) is 328 Å². The van der Waals surface area contributed by atoms with Gasteiger partial charge in [0.25, 0.3) is 0 Å². The van der Waals surface area contributed by atoms with Crippen molar-refractivity contribution in [3.8, 4) is 33.4 Å². The molecule has 0 nitrogen and oxygen atoms in total. The Morgan fingerprint density at radius 2 is 0.449 bits per heavy atom. The maximum absolute atomic E-state index is 2.81. The molecule has 0 amide bonds. The second-order valence-corrected chi connectivity index (χ2v) is 28.2. The van der Waals surface area contributed by atoms with Gasteiger partial charge < -0.3 is 0 Å². The van der Waals surface area contributed by atoms with Crippen LogP contribution in [0, 0.1) is 0 Å². The molecule has 0 saturated carbocycles. The summed E-state index contributed by atoms with van der Waals surface area (Å²) in [6, 6.07) is 123. The SMILES string of the molecule is c1ccc([Si](c2ccccc2)(c2ccccc2)c2ccc3cc(-c4ccc(-c5ccc(-c6ccc([Si](c7ccccc7)(c7ccccc7)c7ccccc7)c7ccccc67)c6ccccc56)c5ccccc45)ccc3c2)cc1. The topological polar surface area (TPSA) is 0 Å². The van der Waals surface area contributed by atoms with Gasteiger partial charge in [-0.2, -0.15) is 0 Å². The molecule has 0 atom stereocenters. The van der Waals surface area contributed by atoms with Crippen molar-refractivity contribution in [1.82, 2.24) is 0 Å². The molecule has 78 heavy (non-hydrogen) atoms. The van der Waals surface area contributed by atoms with Crippen LogP contribution in [0.4, 0.5) is 0 Å². The normalized spacial score (nSPS) is 11.8. The third-order valence-corrected chi connectivity index (χ3v) is 26.2. The molecule has 0 saturated heterocycles. The van der Waals surface area contributed by atoms with Crippen molar-refractivity contribution in [2.75, 3.05) is 0 Å². The van der Waals surface area contributed by atoms with Crippen LogP contribution in [-0.2, 0) is 0 Å². The van der Waals surface area contributed by atoms with Gasteiger partial charge >= 0.3 is 0 Å². The van der Waals surface area contributed by atoms with E-state index in [0.29, 0.717) is 0 Å². The van der Waals surface area contributed by atoms with E-state index in [-0.39, 0.29) is 0 Å². The zero-order chi connectivity index (χ0) is 51.9. The number of fused-ring (bicyclic) bond motifs is 4. The average molecular weight is 1020 g/mol. The number of hydrogen-bond donors (Lipinski definition) is 0. The molecular formula is C76H54Si2. The molecule has 0 aliphatic rings. The molecule has 14 aromatic rings. The Balaban J connectivity index is 0.882. The van der Waals surface area contributed by atoms with Crippen LogP contribution in [0.5, 0.6) is 0 Å². The second-order valence-electron chi connectivity index (χ2n) is 20.6. The summed E-state index contributed by atoms with van der Waals surface area (Å²) in [5.41, 5.74) is 7.39. The van der Waals surface area contributed by atoms with E-state index >= 15 is 0 Å². The molecule has 0 bridgehead atoms. The van der Waals surface area contributed by atoms with Crippen LogP contribution in [-0.4, -0.2) is 16.1 Å². The molecular weight excluding hydrogens is 969 g/mol. The van der Waals surface area contributed by atoms with Crippen LogP contribution >= 0.6 is 0 Å². The van der Waals surface area contributed by atoms with Gasteiger partial charge in [-0.05, 0) is 124 Å². The van der Waals surface area contributed by atoms with Crippen LogP contribution in [0.25, 0.3) is 76.5 Å². The summed E-state index contributed by atoms with van der Waals surface area (Å²) in [7, 11) is -5.48. The molecule has 366 valence electrons.